The molecule has 90 valence electrons. The van der Waals surface area contributed by atoms with Crippen LogP contribution >= 0.6 is 0 Å². The molecule has 0 aliphatic heterocycles. The van der Waals surface area contributed by atoms with Crippen LogP contribution in [-0.4, -0.2) is 13.7 Å². The van der Waals surface area contributed by atoms with Crippen LogP contribution in [0.3, 0.4) is 0 Å². The van der Waals surface area contributed by atoms with Gasteiger partial charge in [-0.3, -0.25) is 0 Å². The summed E-state index contributed by atoms with van der Waals surface area (Å²) >= 11 is 0. The molecule has 1 aromatic rings. The zero-order valence-corrected chi connectivity index (χ0v) is 10.6. The lowest BCUT2D eigenvalue weighted by Crippen LogP contribution is -2.34. The summed E-state index contributed by atoms with van der Waals surface area (Å²) in [6, 6.07) is 8.63. The lowest BCUT2D eigenvalue weighted by molar-refractivity contribution is 0.172. The van der Waals surface area contributed by atoms with Gasteiger partial charge in [0.25, 0.3) is 0 Å². The van der Waals surface area contributed by atoms with E-state index < -0.39 is 0 Å². The van der Waals surface area contributed by atoms with Crippen molar-refractivity contribution in [1.82, 2.24) is 0 Å². The Morgan fingerprint density at radius 1 is 1.25 bits per heavy atom. The predicted octanol–water partition coefficient (Wildman–Crippen LogP) is 2.85. The SMILES string of the molecule is CCCc1ccc(C(C)(N)CCOC)cc1. The first-order chi connectivity index (χ1) is 7.60. The molecule has 1 aromatic carbocycles. The molecular weight excluding hydrogens is 198 g/mol. The maximum atomic E-state index is 6.27. The average Bonchev–Trinajstić information content (AvgIpc) is 2.28. The normalized spacial score (nSPS) is 14.8. The second kappa shape index (κ2) is 6.02. The monoisotopic (exact) mass is 221 g/mol. The second-order valence-corrected chi connectivity index (χ2v) is 4.61. The van der Waals surface area contributed by atoms with Crippen LogP contribution in [0.25, 0.3) is 0 Å². The van der Waals surface area contributed by atoms with Crippen molar-refractivity contribution >= 4 is 0 Å². The Morgan fingerprint density at radius 2 is 1.88 bits per heavy atom. The fraction of sp³-hybridized carbons (Fsp3) is 0.571. The van der Waals surface area contributed by atoms with Crippen molar-refractivity contribution < 1.29 is 4.74 Å². The van der Waals surface area contributed by atoms with E-state index >= 15 is 0 Å². The standard InChI is InChI=1S/C14H23NO/c1-4-5-12-6-8-13(9-7-12)14(2,15)10-11-16-3/h6-9H,4-5,10-11,15H2,1-3H3. The highest BCUT2D eigenvalue weighted by molar-refractivity contribution is 5.27. The number of hydrogen-bond acceptors (Lipinski definition) is 2. The van der Waals surface area contributed by atoms with Crippen molar-refractivity contribution in [2.75, 3.05) is 13.7 Å². The first kappa shape index (κ1) is 13.2. The van der Waals surface area contributed by atoms with E-state index in [4.69, 9.17) is 10.5 Å². The predicted molar refractivity (Wildman–Crippen MR) is 68.5 cm³/mol. The molecule has 1 rings (SSSR count). The van der Waals surface area contributed by atoms with E-state index in [2.05, 4.69) is 38.1 Å². The van der Waals surface area contributed by atoms with E-state index in [1.165, 1.54) is 17.5 Å². The topological polar surface area (TPSA) is 35.2 Å². The van der Waals surface area contributed by atoms with E-state index in [1.807, 2.05) is 0 Å². The molecular formula is C14H23NO. The van der Waals surface area contributed by atoms with Crippen molar-refractivity contribution in [2.45, 2.75) is 38.6 Å². The van der Waals surface area contributed by atoms with E-state index in [1.54, 1.807) is 7.11 Å². The molecule has 0 aliphatic rings. The molecule has 0 spiro atoms. The zero-order valence-electron chi connectivity index (χ0n) is 10.6. The quantitative estimate of drug-likeness (QED) is 0.801. The van der Waals surface area contributed by atoms with Gasteiger partial charge in [0, 0.05) is 19.3 Å². The third kappa shape index (κ3) is 3.62. The summed E-state index contributed by atoms with van der Waals surface area (Å²) < 4.78 is 5.08. The lowest BCUT2D eigenvalue weighted by Gasteiger charge is -2.25. The largest absolute Gasteiger partial charge is 0.385 e. The van der Waals surface area contributed by atoms with Crippen LogP contribution in [0.4, 0.5) is 0 Å². The van der Waals surface area contributed by atoms with Gasteiger partial charge >= 0.3 is 0 Å². The van der Waals surface area contributed by atoms with Gasteiger partial charge in [-0.1, -0.05) is 37.6 Å². The molecule has 1 unspecified atom stereocenters. The number of nitrogens with two attached hydrogens (primary N) is 1. The van der Waals surface area contributed by atoms with Crippen molar-refractivity contribution in [3.63, 3.8) is 0 Å². The number of benzene rings is 1. The van der Waals surface area contributed by atoms with Gasteiger partial charge in [-0.05, 0) is 30.9 Å². The van der Waals surface area contributed by atoms with Gasteiger partial charge < -0.3 is 10.5 Å². The molecule has 0 heterocycles. The van der Waals surface area contributed by atoms with E-state index in [-0.39, 0.29) is 5.54 Å². The van der Waals surface area contributed by atoms with Gasteiger partial charge in [0.15, 0.2) is 0 Å². The molecule has 2 N–H and O–H groups in total. The van der Waals surface area contributed by atoms with Gasteiger partial charge in [0.1, 0.15) is 0 Å². The fourth-order valence-corrected chi connectivity index (χ4v) is 1.80. The third-order valence-electron chi connectivity index (χ3n) is 2.98. The van der Waals surface area contributed by atoms with Crippen molar-refractivity contribution in [3.8, 4) is 0 Å². The number of hydrogen-bond donors (Lipinski definition) is 1. The number of ether oxygens (including phenoxy) is 1. The summed E-state index contributed by atoms with van der Waals surface area (Å²) in [4.78, 5) is 0. The molecule has 1 atom stereocenters. The average molecular weight is 221 g/mol. The molecule has 0 saturated heterocycles. The van der Waals surface area contributed by atoms with Gasteiger partial charge in [0.05, 0.1) is 0 Å². The summed E-state index contributed by atoms with van der Waals surface area (Å²) in [5, 5.41) is 0. The highest BCUT2D eigenvalue weighted by Crippen LogP contribution is 2.22. The van der Waals surface area contributed by atoms with Crippen LogP contribution in [0.2, 0.25) is 0 Å². The van der Waals surface area contributed by atoms with Gasteiger partial charge in [-0.2, -0.15) is 0 Å². The Morgan fingerprint density at radius 3 is 2.38 bits per heavy atom. The maximum Gasteiger partial charge on any atom is 0.0482 e. The van der Waals surface area contributed by atoms with Crippen LogP contribution in [-0.2, 0) is 16.7 Å². The van der Waals surface area contributed by atoms with E-state index in [0.717, 1.165) is 12.8 Å². The molecule has 0 fully saturated rings. The zero-order chi connectivity index (χ0) is 12.0. The van der Waals surface area contributed by atoms with Gasteiger partial charge in [-0.25, -0.2) is 0 Å². The summed E-state index contributed by atoms with van der Waals surface area (Å²) in [7, 11) is 1.71. The number of methoxy groups -OCH3 is 1. The molecule has 0 aliphatic carbocycles. The van der Waals surface area contributed by atoms with E-state index in [9.17, 15) is 0 Å². The Balaban J connectivity index is 2.71. The molecule has 0 amide bonds. The van der Waals surface area contributed by atoms with Crippen LogP contribution in [0.5, 0.6) is 0 Å². The minimum absolute atomic E-state index is 0.291. The molecule has 0 bridgehead atoms. The van der Waals surface area contributed by atoms with E-state index in [0.29, 0.717) is 6.61 Å². The molecule has 2 heteroatoms. The third-order valence-corrected chi connectivity index (χ3v) is 2.98. The summed E-state index contributed by atoms with van der Waals surface area (Å²) in [6.07, 6.45) is 3.17. The molecule has 0 aromatic heterocycles. The second-order valence-electron chi connectivity index (χ2n) is 4.61. The Kier molecular flexibility index (Phi) is 4.97. The minimum atomic E-state index is -0.291. The summed E-state index contributed by atoms with van der Waals surface area (Å²) in [5.41, 5.74) is 8.55. The number of rotatable bonds is 6. The summed E-state index contributed by atoms with van der Waals surface area (Å²) in [6.45, 7) is 4.95. The molecule has 2 nitrogen and oxygen atoms in total. The van der Waals surface area contributed by atoms with Crippen LogP contribution in [0, 0.1) is 0 Å². The lowest BCUT2D eigenvalue weighted by atomic mass is 9.89. The number of aryl methyl sites for hydroxylation is 1. The molecule has 0 radical (unpaired) electrons. The van der Waals surface area contributed by atoms with Crippen LogP contribution < -0.4 is 5.73 Å². The van der Waals surface area contributed by atoms with Crippen molar-refractivity contribution in [3.05, 3.63) is 35.4 Å². The first-order valence-corrected chi connectivity index (χ1v) is 5.97. The van der Waals surface area contributed by atoms with Gasteiger partial charge in [-0.15, -0.1) is 0 Å². The highest BCUT2D eigenvalue weighted by Gasteiger charge is 2.20. The maximum absolute atomic E-state index is 6.27. The molecule has 0 saturated carbocycles. The first-order valence-electron chi connectivity index (χ1n) is 5.97. The Bertz CT molecular complexity index is 303. The van der Waals surface area contributed by atoms with Crippen molar-refractivity contribution in [2.24, 2.45) is 5.73 Å². The van der Waals surface area contributed by atoms with Gasteiger partial charge in [0.2, 0.25) is 0 Å². The highest BCUT2D eigenvalue weighted by atomic mass is 16.5. The summed E-state index contributed by atoms with van der Waals surface area (Å²) in [5.74, 6) is 0. The molecule has 16 heavy (non-hydrogen) atoms. The fourth-order valence-electron chi connectivity index (χ4n) is 1.80. The van der Waals surface area contributed by atoms with Crippen LogP contribution in [0.1, 0.15) is 37.8 Å². The van der Waals surface area contributed by atoms with Crippen molar-refractivity contribution in [1.29, 1.82) is 0 Å². The smallest absolute Gasteiger partial charge is 0.0482 e. The minimum Gasteiger partial charge on any atom is -0.385 e. The Hall–Kier alpha value is -0.860. The Labute approximate surface area is 98.8 Å². The van der Waals surface area contributed by atoms with Crippen LogP contribution in [0.15, 0.2) is 24.3 Å².